The quantitative estimate of drug-likeness (QED) is 0.384. The lowest BCUT2D eigenvalue weighted by Crippen LogP contribution is -2.33. The number of rotatable bonds is 8. The monoisotopic (exact) mass is 523 g/mol. The van der Waals surface area contributed by atoms with Gasteiger partial charge in [-0.25, -0.2) is 4.39 Å². The Bertz CT molecular complexity index is 1220. The first-order valence-electron chi connectivity index (χ1n) is 10.4. The van der Waals surface area contributed by atoms with Crippen LogP contribution in [0.2, 0.25) is 10.0 Å². The number of anilines is 1. The van der Waals surface area contributed by atoms with Crippen molar-refractivity contribution in [2.45, 2.75) is 32.0 Å². The molecule has 1 heterocycles. The number of nitrogens with one attached hydrogen (secondary N) is 2. The fourth-order valence-corrected chi connectivity index (χ4v) is 4.18. The lowest BCUT2D eigenvalue weighted by molar-refractivity contribution is -0.113. The molecule has 0 aliphatic rings. The molecule has 2 N–H and O–H groups in total. The van der Waals surface area contributed by atoms with E-state index in [1.165, 1.54) is 30.0 Å². The molecule has 3 aromatic rings. The molecule has 0 radical (unpaired) electrons. The van der Waals surface area contributed by atoms with Crippen molar-refractivity contribution in [3.63, 3.8) is 0 Å². The van der Waals surface area contributed by atoms with Gasteiger partial charge in [0.05, 0.1) is 21.8 Å². The molecule has 7 nitrogen and oxygen atoms in total. The highest BCUT2D eigenvalue weighted by Crippen LogP contribution is 2.26. The highest BCUT2D eigenvalue weighted by atomic mass is 35.5. The zero-order valence-corrected chi connectivity index (χ0v) is 21.4. The van der Waals surface area contributed by atoms with E-state index < -0.39 is 11.9 Å². The van der Waals surface area contributed by atoms with Crippen molar-refractivity contribution in [3.05, 3.63) is 69.2 Å². The van der Waals surface area contributed by atoms with Gasteiger partial charge in [0.1, 0.15) is 5.82 Å². The number of aromatic nitrogens is 3. The summed E-state index contributed by atoms with van der Waals surface area (Å²) in [6, 6.07) is 8.46. The van der Waals surface area contributed by atoms with Gasteiger partial charge < -0.3 is 15.2 Å². The van der Waals surface area contributed by atoms with Gasteiger partial charge in [-0.2, -0.15) is 0 Å². The molecule has 0 fully saturated rings. The van der Waals surface area contributed by atoms with E-state index in [-0.39, 0.29) is 23.5 Å². The van der Waals surface area contributed by atoms with Crippen molar-refractivity contribution in [1.82, 2.24) is 20.1 Å². The predicted molar refractivity (Wildman–Crippen MR) is 133 cm³/mol. The van der Waals surface area contributed by atoms with Crippen LogP contribution in [0.3, 0.4) is 0 Å². The third kappa shape index (κ3) is 6.28. The minimum atomic E-state index is -0.433. The van der Waals surface area contributed by atoms with Crippen molar-refractivity contribution >= 4 is 52.5 Å². The molecular weight excluding hydrogens is 500 g/mol. The standard InChI is InChI=1S/C23H24Cl2FN5O2S/c1-12(2)20(28-22(33)14-6-8-16(24)17(25)9-14)21-29-30-23(31(21)4)34-11-19(32)27-18-10-15(26)7-5-13(18)3/h5-10,12,20H,11H2,1-4H3,(H,27,32)(H,28,33)/t20-/m0/s1. The Morgan fingerprint density at radius 2 is 1.85 bits per heavy atom. The maximum Gasteiger partial charge on any atom is 0.251 e. The van der Waals surface area contributed by atoms with E-state index in [1.807, 2.05) is 13.8 Å². The number of thioether (sulfide) groups is 1. The second-order valence-corrected chi connectivity index (χ2v) is 9.78. The fourth-order valence-electron chi connectivity index (χ4n) is 3.16. The smallest absolute Gasteiger partial charge is 0.251 e. The van der Waals surface area contributed by atoms with Gasteiger partial charge in [0.15, 0.2) is 11.0 Å². The first-order chi connectivity index (χ1) is 16.1. The Labute approximate surface area is 211 Å². The first kappa shape index (κ1) is 26.0. The lowest BCUT2D eigenvalue weighted by Gasteiger charge is -2.22. The molecule has 0 bridgehead atoms. The van der Waals surface area contributed by atoms with Crippen LogP contribution in [0.25, 0.3) is 0 Å². The molecule has 2 aromatic carbocycles. The van der Waals surface area contributed by atoms with Crippen LogP contribution in [0.15, 0.2) is 41.6 Å². The molecule has 0 spiro atoms. The molecule has 34 heavy (non-hydrogen) atoms. The number of hydrogen-bond acceptors (Lipinski definition) is 5. The Hall–Kier alpha value is -2.62. The minimum Gasteiger partial charge on any atom is -0.342 e. The topological polar surface area (TPSA) is 88.9 Å². The number of hydrogen-bond donors (Lipinski definition) is 2. The Kier molecular flexibility index (Phi) is 8.57. The number of halogens is 3. The number of carbonyl (C=O) groups excluding carboxylic acids is 2. The number of amides is 2. The van der Waals surface area contributed by atoms with E-state index in [0.29, 0.717) is 32.3 Å². The summed E-state index contributed by atoms with van der Waals surface area (Å²) in [5.74, 6) is -0.423. The van der Waals surface area contributed by atoms with Gasteiger partial charge >= 0.3 is 0 Å². The van der Waals surface area contributed by atoms with Gasteiger partial charge in [-0.05, 0) is 48.7 Å². The zero-order valence-electron chi connectivity index (χ0n) is 19.0. The largest absolute Gasteiger partial charge is 0.342 e. The van der Waals surface area contributed by atoms with Crippen molar-refractivity contribution in [2.24, 2.45) is 13.0 Å². The summed E-state index contributed by atoms with van der Waals surface area (Å²) < 4.78 is 15.2. The molecule has 0 saturated heterocycles. The van der Waals surface area contributed by atoms with Crippen LogP contribution in [0.4, 0.5) is 10.1 Å². The van der Waals surface area contributed by atoms with Gasteiger partial charge in [0, 0.05) is 18.3 Å². The maximum atomic E-state index is 13.5. The summed E-state index contributed by atoms with van der Waals surface area (Å²) in [6.07, 6.45) is 0. The zero-order chi connectivity index (χ0) is 25.0. The van der Waals surface area contributed by atoms with Crippen molar-refractivity contribution < 1.29 is 14.0 Å². The average Bonchev–Trinajstić information content (AvgIpc) is 3.14. The molecule has 0 aliphatic heterocycles. The number of aryl methyl sites for hydroxylation is 1. The second-order valence-electron chi connectivity index (χ2n) is 8.02. The van der Waals surface area contributed by atoms with Crippen LogP contribution in [0, 0.1) is 18.7 Å². The van der Waals surface area contributed by atoms with Crippen LogP contribution in [0.1, 0.15) is 41.6 Å². The molecule has 1 aromatic heterocycles. The van der Waals surface area contributed by atoms with Gasteiger partial charge in [-0.1, -0.05) is 54.9 Å². The third-order valence-corrected chi connectivity index (χ3v) is 6.85. The van der Waals surface area contributed by atoms with Crippen molar-refractivity contribution in [3.8, 4) is 0 Å². The van der Waals surface area contributed by atoms with E-state index in [4.69, 9.17) is 23.2 Å². The van der Waals surface area contributed by atoms with Gasteiger partial charge in [0.25, 0.3) is 5.91 Å². The van der Waals surface area contributed by atoms with E-state index >= 15 is 0 Å². The molecule has 11 heteroatoms. The van der Waals surface area contributed by atoms with Crippen LogP contribution >= 0.6 is 35.0 Å². The molecule has 0 unspecified atom stereocenters. The maximum absolute atomic E-state index is 13.5. The van der Waals surface area contributed by atoms with Crippen LogP contribution in [0.5, 0.6) is 0 Å². The summed E-state index contributed by atoms with van der Waals surface area (Å²) >= 11 is 13.2. The number of carbonyl (C=O) groups is 2. The van der Waals surface area contributed by atoms with Crippen molar-refractivity contribution in [2.75, 3.05) is 11.1 Å². The second kappa shape index (κ2) is 11.2. The molecular formula is C23H24Cl2FN5O2S. The highest BCUT2D eigenvalue weighted by Gasteiger charge is 2.25. The molecule has 3 rings (SSSR count). The highest BCUT2D eigenvalue weighted by molar-refractivity contribution is 7.99. The molecule has 180 valence electrons. The summed E-state index contributed by atoms with van der Waals surface area (Å²) in [7, 11) is 1.77. The summed E-state index contributed by atoms with van der Waals surface area (Å²) in [6.45, 7) is 5.70. The van der Waals surface area contributed by atoms with E-state index in [2.05, 4.69) is 20.8 Å². The normalized spacial score (nSPS) is 12.0. The predicted octanol–water partition coefficient (Wildman–Crippen LogP) is 5.43. The lowest BCUT2D eigenvalue weighted by atomic mass is 10.0. The molecule has 2 amide bonds. The molecule has 1 atom stereocenters. The minimum absolute atomic E-state index is 0.00623. The van der Waals surface area contributed by atoms with E-state index in [1.54, 1.807) is 36.7 Å². The average molecular weight is 524 g/mol. The number of benzene rings is 2. The molecule has 0 aliphatic carbocycles. The Balaban J connectivity index is 1.68. The van der Waals surface area contributed by atoms with E-state index in [9.17, 15) is 14.0 Å². The van der Waals surface area contributed by atoms with E-state index in [0.717, 1.165) is 5.56 Å². The fraction of sp³-hybridized carbons (Fsp3) is 0.304. The van der Waals surface area contributed by atoms with Crippen LogP contribution in [-0.4, -0.2) is 32.3 Å². The van der Waals surface area contributed by atoms with Gasteiger partial charge in [-0.3, -0.25) is 9.59 Å². The van der Waals surface area contributed by atoms with Gasteiger partial charge in [0.2, 0.25) is 5.91 Å². The van der Waals surface area contributed by atoms with Gasteiger partial charge in [-0.15, -0.1) is 10.2 Å². The Morgan fingerprint density at radius 3 is 2.53 bits per heavy atom. The van der Waals surface area contributed by atoms with Crippen LogP contribution < -0.4 is 10.6 Å². The van der Waals surface area contributed by atoms with Crippen molar-refractivity contribution in [1.29, 1.82) is 0 Å². The Morgan fingerprint density at radius 1 is 1.12 bits per heavy atom. The first-order valence-corrected chi connectivity index (χ1v) is 12.1. The SMILES string of the molecule is Cc1ccc(F)cc1NC(=O)CSc1nnc([C@@H](NC(=O)c2ccc(Cl)c(Cl)c2)C(C)C)n1C. The summed E-state index contributed by atoms with van der Waals surface area (Å²) in [5, 5.41) is 15.3. The molecule has 0 saturated carbocycles. The summed E-state index contributed by atoms with van der Waals surface area (Å²) in [5.41, 5.74) is 1.56. The third-order valence-electron chi connectivity index (χ3n) is 5.09. The number of nitrogens with zero attached hydrogens (tertiary/aromatic N) is 3. The summed E-state index contributed by atoms with van der Waals surface area (Å²) in [4.78, 5) is 25.2. The van der Waals surface area contributed by atoms with Crippen LogP contribution in [-0.2, 0) is 11.8 Å².